The van der Waals surface area contributed by atoms with E-state index in [2.05, 4.69) is 15.9 Å². The summed E-state index contributed by atoms with van der Waals surface area (Å²) in [6.07, 6.45) is 1.31. The smallest absolute Gasteiger partial charge is 0.329 e. The molecule has 0 radical (unpaired) electrons. The molecule has 0 aliphatic carbocycles. The molecule has 1 aromatic carbocycles. The Kier molecular flexibility index (Phi) is 4.87. The van der Waals surface area contributed by atoms with Crippen molar-refractivity contribution in [3.05, 3.63) is 28.7 Å². The fourth-order valence-electron chi connectivity index (χ4n) is 2.92. The van der Waals surface area contributed by atoms with Gasteiger partial charge in [0.1, 0.15) is 25.0 Å². The van der Waals surface area contributed by atoms with E-state index in [4.69, 9.17) is 9.47 Å². The van der Waals surface area contributed by atoms with Crippen molar-refractivity contribution < 1.29 is 19.1 Å². The first-order valence-electron chi connectivity index (χ1n) is 7.51. The Labute approximate surface area is 147 Å². The van der Waals surface area contributed by atoms with Crippen molar-refractivity contribution in [2.75, 3.05) is 19.0 Å². The molecule has 2 aliphatic rings. The maximum atomic E-state index is 12.2. The van der Waals surface area contributed by atoms with Crippen LogP contribution in [0.5, 0.6) is 5.75 Å². The third kappa shape index (κ3) is 3.50. The molecule has 2 aliphatic heterocycles. The molecule has 23 heavy (non-hydrogen) atoms. The van der Waals surface area contributed by atoms with Crippen LogP contribution in [0.4, 0.5) is 0 Å². The van der Waals surface area contributed by atoms with Gasteiger partial charge in [0.15, 0.2) is 0 Å². The van der Waals surface area contributed by atoms with Crippen LogP contribution < -0.4 is 4.74 Å². The predicted octanol–water partition coefficient (Wildman–Crippen LogP) is 2.83. The van der Waals surface area contributed by atoms with Crippen LogP contribution in [0.3, 0.4) is 0 Å². The molecule has 2 atom stereocenters. The second kappa shape index (κ2) is 6.73. The number of hydrogen-bond acceptors (Lipinski definition) is 5. The summed E-state index contributed by atoms with van der Waals surface area (Å²) in [5, 5.41) is 0. The monoisotopic (exact) mass is 399 g/mol. The minimum Gasteiger partial charge on any atom is -0.490 e. The maximum absolute atomic E-state index is 12.2. The Balaban J connectivity index is 1.46. The number of rotatable bonds is 5. The Bertz CT molecular complexity index is 609. The van der Waals surface area contributed by atoms with Crippen LogP contribution in [-0.2, 0) is 14.3 Å². The van der Waals surface area contributed by atoms with E-state index in [1.807, 2.05) is 31.2 Å². The first kappa shape index (κ1) is 16.6. The first-order valence-corrected chi connectivity index (χ1v) is 9.29. The van der Waals surface area contributed by atoms with Crippen molar-refractivity contribution in [3.8, 4) is 5.75 Å². The molecule has 1 amide bonds. The third-order valence-corrected chi connectivity index (χ3v) is 6.16. The van der Waals surface area contributed by atoms with E-state index in [9.17, 15) is 9.59 Å². The fourth-order valence-corrected chi connectivity index (χ4v) is 4.60. The summed E-state index contributed by atoms with van der Waals surface area (Å²) in [7, 11) is 0. The van der Waals surface area contributed by atoms with Gasteiger partial charge in [0.05, 0.1) is 4.87 Å². The summed E-state index contributed by atoms with van der Waals surface area (Å²) in [5.74, 6) is 1.04. The topological polar surface area (TPSA) is 55.8 Å². The van der Waals surface area contributed by atoms with Crippen LogP contribution in [0.1, 0.15) is 19.8 Å². The zero-order valence-electron chi connectivity index (χ0n) is 12.8. The summed E-state index contributed by atoms with van der Waals surface area (Å²) >= 11 is 5.02. The highest BCUT2D eigenvalue weighted by Crippen LogP contribution is 2.47. The molecule has 0 unspecified atom stereocenters. The van der Waals surface area contributed by atoms with E-state index >= 15 is 0 Å². The van der Waals surface area contributed by atoms with Crippen LogP contribution in [-0.4, -0.2) is 46.7 Å². The van der Waals surface area contributed by atoms with Gasteiger partial charge in [-0.15, -0.1) is 11.8 Å². The van der Waals surface area contributed by atoms with Gasteiger partial charge in [0.25, 0.3) is 0 Å². The first-order chi connectivity index (χ1) is 11.0. The number of fused-ring (bicyclic) bond motifs is 1. The van der Waals surface area contributed by atoms with Crippen molar-refractivity contribution in [1.29, 1.82) is 0 Å². The number of halogens is 1. The highest BCUT2D eigenvalue weighted by Gasteiger charge is 2.53. The van der Waals surface area contributed by atoms with Gasteiger partial charge in [-0.2, -0.15) is 0 Å². The molecule has 2 fully saturated rings. The summed E-state index contributed by atoms with van der Waals surface area (Å²) < 4.78 is 11.8. The van der Waals surface area contributed by atoms with Crippen molar-refractivity contribution >= 4 is 39.6 Å². The van der Waals surface area contributed by atoms with E-state index in [-0.39, 0.29) is 23.4 Å². The lowest BCUT2D eigenvalue weighted by Gasteiger charge is -2.29. The molecule has 7 heteroatoms. The average molecular weight is 400 g/mol. The van der Waals surface area contributed by atoms with Gasteiger partial charge in [-0.3, -0.25) is 4.79 Å². The van der Waals surface area contributed by atoms with Gasteiger partial charge in [-0.25, -0.2) is 4.79 Å². The number of nitrogens with zero attached hydrogens (tertiary/aromatic N) is 1. The average Bonchev–Trinajstić information content (AvgIpc) is 3.02. The minimum absolute atomic E-state index is 0.0468. The van der Waals surface area contributed by atoms with Gasteiger partial charge in [-0.05, 0) is 37.6 Å². The van der Waals surface area contributed by atoms with Crippen LogP contribution in [0.15, 0.2) is 28.7 Å². The summed E-state index contributed by atoms with van der Waals surface area (Å²) in [4.78, 5) is 25.7. The van der Waals surface area contributed by atoms with Crippen molar-refractivity contribution in [3.63, 3.8) is 0 Å². The van der Waals surface area contributed by atoms with E-state index in [1.165, 1.54) is 0 Å². The van der Waals surface area contributed by atoms with Gasteiger partial charge in [0, 0.05) is 16.6 Å². The number of thioether (sulfide) groups is 1. The van der Waals surface area contributed by atoms with Gasteiger partial charge < -0.3 is 14.4 Å². The highest BCUT2D eigenvalue weighted by atomic mass is 79.9. The lowest BCUT2D eigenvalue weighted by atomic mass is 10.2. The normalized spacial score (nSPS) is 26.3. The van der Waals surface area contributed by atoms with E-state index in [0.29, 0.717) is 18.8 Å². The van der Waals surface area contributed by atoms with Crippen LogP contribution >= 0.6 is 27.7 Å². The second-order valence-electron chi connectivity index (χ2n) is 5.74. The molecule has 5 nitrogen and oxygen atoms in total. The standard InChI is InChI=1S/C16H18BrNO4S/c1-16-7-6-14(19)18(16)13(10-23-16)15(20)22-9-8-21-12-4-2-11(17)3-5-12/h2-5,13H,6-10H2,1H3/t13-,16-/m0/s1. The van der Waals surface area contributed by atoms with Crippen molar-refractivity contribution in [1.82, 2.24) is 4.90 Å². The molecule has 2 heterocycles. The lowest BCUT2D eigenvalue weighted by molar-refractivity contribution is -0.154. The molecule has 0 bridgehead atoms. The Morgan fingerprint density at radius 3 is 2.87 bits per heavy atom. The number of carbonyl (C=O) groups is 2. The quantitative estimate of drug-likeness (QED) is 0.562. The van der Waals surface area contributed by atoms with Crippen molar-refractivity contribution in [2.24, 2.45) is 0 Å². The van der Waals surface area contributed by atoms with Gasteiger partial charge in [-0.1, -0.05) is 15.9 Å². The summed E-state index contributed by atoms with van der Waals surface area (Å²) in [6, 6.07) is 6.99. The summed E-state index contributed by atoms with van der Waals surface area (Å²) in [5.41, 5.74) is 0. The number of esters is 1. The fraction of sp³-hybridized carbons (Fsp3) is 0.500. The number of amides is 1. The molecule has 2 saturated heterocycles. The number of ether oxygens (including phenoxy) is 2. The van der Waals surface area contributed by atoms with E-state index in [0.717, 1.165) is 16.6 Å². The Hall–Kier alpha value is -1.21. The zero-order valence-corrected chi connectivity index (χ0v) is 15.2. The maximum Gasteiger partial charge on any atom is 0.329 e. The van der Waals surface area contributed by atoms with Gasteiger partial charge in [0.2, 0.25) is 5.91 Å². The molecule has 3 rings (SSSR count). The minimum atomic E-state index is -0.465. The lowest BCUT2D eigenvalue weighted by Crippen LogP contribution is -2.46. The van der Waals surface area contributed by atoms with Crippen LogP contribution in [0.2, 0.25) is 0 Å². The number of benzene rings is 1. The molecule has 0 saturated carbocycles. The Morgan fingerprint density at radius 1 is 1.39 bits per heavy atom. The molecule has 0 N–H and O–H groups in total. The largest absolute Gasteiger partial charge is 0.490 e. The number of carbonyl (C=O) groups excluding carboxylic acids is 2. The molecular formula is C16H18BrNO4S. The second-order valence-corrected chi connectivity index (χ2v) is 8.15. The van der Waals surface area contributed by atoms with E-state index < -0.39 is 6.04 Å². The van der Waals surface area contributed by atoms with Gasteiger partial charge >= 0.3 is 5.97 Å². The number of hydrogen-bond donors (Lipinski definition) is 0. The molecule has 0 aromatic heterocycles. The van der Waals surface area contributed by atoms with Crippen LogP contribution in [0, 0.1) is 0 Å². The molecule has 124 valence electrons. The molecule has 1 aromatic rings. The Morgan fingerprint density at radius 2 is 2.13 bits per heavy atom. The van der Waals surface area contributed by atoms with Crippen LogP contribution in [0.25, 0.3) is 0 Å². The van der Waals surface area contributed by atoms with Crippen molar-refractivity contribution in [2.45, 2.75) is 30.7 Å². The highest BCUT2D eigenvalue weighted by molar-refractivity contribution is 9.10. The van der Waals surface area contributed by atoms with E-state index in [1.54, 1.807) is 16.7 Å². The molecular weight excluding hydrogens is 382 g/mol. The predicted molar refractivity (Wildman–Crippen MR) is 91.3 cm³/mol. The summed E-state index contributed by atoms with van der Waals surface area (Å²) in [6.45, 7) is 2.49. The zero-order chi connectivity index (χ0) is 16.4. The SMILES string of the molecule is C[C@]12CCC(=O)N1[C@H](C(=O)OCCOc1ccc(Br)cc1)CS2. The molecule has 0 spiro atoms. The third-order valence-electron chi connectivity index (χ3n) is 4.13.